The van der Waals surface area contributed by atoms with Gasteiger partial charge in [-0.3, -0.25) is 9.59 Å². The third-order valence-electron chi connectivity index (χ3n) is 4.62. The lowest BCUT2D eigenvalue weighted by molar-refractivity contribution is -0.137. The number of likely N-dealkylation sites (tertiary alicyclic amines) is 1. The Morgan fingerprint density at radius 1 is 1.36 bits per heavy atom. The molecule has 1 N–H and O–H groups in total. The van der Waals surface area contributed by atoms with E-state index in [0.717, 1.165) is 43.9 Å². The van der Waals surface area contributed by atoms with Crippen molar-refractivity contribution in [2.45, 2.75) is 38.8 Å². The minimum Gasteiger partial charge on any atom is -0.375 e. The number of carbonyl (C=O) groups excluding carboxylic acids is 2. The summed E-state index contributed by atoms with van der Waals surface area (Å²) in [4.78, 5) is 32.1. The van der Waals surface area contributed by atoms with E-state index in [-0.39, 0.29) is 24.5 Å². The van der Waals surface area contributed by atoms with Crippen LogP contribution < -0.4 is 10.2 Å². The molecule has 25 heavy (non-hydrogen) atoms. The van der Waals surface area contributed by atoms with Crippen LogP contribution in [0.4, 0.5) is 5.82 Å². The number of nitrogens with zero attached hydrogens (tertiary/aromatic N) is 3. The molecule has 1 atom stereocenters. The Hall–Kier alpha value is -2.15. The quantitative estimate of drug-likeness (QED) is 0.859. The lowest BCUT2D eigenvalue weighted by atomic mass is 10.1. The first-order valence-electron chi connectivity index (χ1n) is 8.98. The van der Waals surface area contributed by atoms with Gasteiger partial charge in [-0.05, 0) is 31.4 Å². The molecular formula is C18H26N4O3. The monoisotopic (exact) mass is 346 g/mol. The zero-order valence-electron chi connectivity index (χ0n) is 14.7. The lowest BCUT2D eigenvalue weighted by Gasteiger charge is -2.32. The van der Waals surface area contributed by atoms with Crippen molar-refractivity contribution in [1.82, 2.24) is 15.2 Å². The second-order valence-electron chi connectivity index (χ2n) is 6.70. The standard InChI is InChI=1S/C18H26N4O3/c1-14-12-21(8-9-25-14)16-6-5-15(10-19-16)11-20-17(23)13-22-7-3-2-4-18(22)24/h5-6,10,14H,2-4,7-9,11-13H2,1H3,(H,20,23). The molecule has 0 aliphatic carbocycles. The molecule has 2 aliphatic heterocycles. The average Bonchev–Trinajstić information content (AvgIpc) is 2.62. The maximum Gasteiger partial charge on any atom is 0.239 e. The number of piperidine rings is 1. The van der Waals surface area contributed by atoms with E-state index in [4.69, 9.17) is 4.74 Å². The van der Waals surface area contributed by atoms with Crippen molar-refractivity contribution in [2.24, 2.45) is 0 Å². The van der Waals surface area contributed by atoms with Crippen molar-refractivity contribution in [3.63, 3.8) is 0 Å². The summed E-state index contributed by atoms with van der Waals surface area (Å²) in [6, 6.07) is 3.96. The molecule has 2 saturated heterocycles. The highest BCUT2D eigenvalue weighted by Crippen LogP contribution is 2.15. The van der Waals surface area contributed by atoms with Gasteiger partial charge >= 0.3 is 0 Å². The molecule has 0 aromatic carbocycles. The van der Waals surface area contributed by atoms with Crippen LogP contribution in [0.1, 0.15) is 31.7 Å². The second-order valence-corrected chi connectivity index (χ2v) is 6.70. The number of rotatable bonds is 5. The number of morpholine rings is 1. The van der Waals surface area contributed by atoms with Crippen LogP contribution in [0, 0.1) is 0 Å². The van der Waals surface area contributed by atoms with Gasteiger partial charge in [-0.2, -0.15) is 0 Å². The van der Waals surface area contributed by atoms with Crippen molar-refractivity contribution in [1.29, 1.82) is 0 Å². The molecule has 7 heteroatoms. The maximum absolute atomic E-state index is 12.0. The highest BCUT2D eigenvalue weighted by atomic mass is 16.5. The van der Waals surface area contributed by atoms with E-state index in [2.05, 4.69) is 22.1 Å². The molecule has 7 nitrogen and oxygen atoms in total. The number of nitrogens with one attached hydrogen (secondary N) is 1. The Morgan fingerprint density at radius 2 is 2.24 bits per heavy atom. The van der Waals surface area contributed by atoms with Crippen LogP contribution in [0.15, 0.2) is 18.3 Å². The summed E-state index contributed by atoms with van der Waals surface area (Å²) in [5.41, 5.74) is 0.948. The summed E-state index contributed by atoms with van der Waals surface area (Å²) in [7, 11) is 0. The lowest BCUT2D eigenvalue weighted by Crippen LogP contribution is -2.42. The number of pyridine rings is 1. The summed E-state index contributed by atoms with van der Waals surface area (Å²) in [6.07, 6.45) is 4.47. The van der Waals surface area contributed by atoms with E-state index < -0.39 is 0 Å². The summed E-state index contributed by atoms with van der Waals surface area (Å²) < 4.78 is 5.54. The van der Waals surface area contributed by atoms with Crippen LogP contribution in [0.2, 0.25) is 0 Å². The molecule has 1 aromatic heterocycles. The van der Waals surface area contributed by atoms with Gasteiger partial charge < -0.3 is 19.9 Å². The van der Waals surface area contributed by atoms with Crippen LogP contribution in [0.3, 0.4) is 0 Å². The highest BCUT2D eigenvalue weighted by molar-refractivity contribution is 5.85. The summed E-state index contributed by atoms with van der Waals surface area (Å²) in [6.45, 7) is 5.72. The van der Waals surface area contributed by atoms with Gasteiger partial charge in [0.25, 0.3) is 0 Å². The van der Waals surface area contributed by atoms with Crippen molar-refractivity contribution in [3.8, 4) is 0 Å². The third-order valence-corrected chi connectivity index (χ3v) is 4.62. The van der Waals surface area contributed by atoms with E-state index in [0.29, 0.717) is 19.5 Å². The fourth-order valence-corrected chi connectivity index (χ4v) is 3.19. The van der Waals surface area contributed by atoms with Crippen LogP contribution >= 0.6 is 0 Å². The first-order chi connectivity index (χ1) is 12.1. The molecule has 3 heterocycles. The Balaban J connectivity index is 1.46. The smallest absolute Gasteiger partial charge is 0.239 e. The van der Waals surface area contributed by atoms with Gasteiger partial charge in [-0.25, -0.2) is 4.98 Å². The molecule has 1 aromatic rings. The van der Waals surface area contributed by atoms with Gasteiger partial charge in [0.2, 0.25) is 11.8 Å². The molecule has 136 valence electrons. The second kappa shape index (κ2) is 8.29. The zero-order chi connectivity index (χ0) is 17.6. The SMILES string of the molecule is CC1CN(c2ccc(CNC(=O)CN3CCCCC3=O)cn2)CCO1. The van der Waals surface area contributed by atoms with E-state index in [1.165, 1.54) is 0 Å². The molecule has 0 bridgehead atoms. The van der Waals surface area contributed by atoms with Gasteiger partial charge in [0.15, 0.2) is 0 Å². The van der Waals surface area contributed by atoms with Gasteiger partial charge in [0, 0.05) is 38.8 Å². The molecule has 3 rings (SSSR count). The molecule has 1 unspecified atom stereocenters. The summed E-state index contributed by atoms with van der Waals surface area (Å²) in [5, 5.41) is 2.87. The third kappa shape index (κ3) is 4.92. The Labute approximate surface area is 148 Å². The van der Waals surface area contributed by atoms with Gasteiger partial charge in [-0.15, -0.1) is 0 Å². The fraction of sp³-hybridized carbons (Fsp3) is 0.611. The van der Waals surface area contributed by atoms with Gasteiger partial charge in [0.1, 0.15) is 5.82 Å². The maximum atomic E-state index is 12.0. The predicted molar refractivity (Wildman–Crippen MR) is 94.1 cm³/mol. The number of hydrogen-bond donors (Lipinski definition) is 1. The normalized spacial score (nSPS) is 21.3. The van der Waals surface area contributed by atoms with E-state index in [1.807, 2.05) is 12.1 Å². The number of amides is 2. The van der Waals surface area contributed by atoms with Gasteiger partial charge in [0.05, 0.1) is 19.3 Å². The van der Waals surface area contributed by atoms with E-state index >= 15 is 0 Å². The largest absolute Gasteiger partial charge is 0.375 e. The molecule has 0 spiro atoms. The number of aromatic nitrogens is 1. The number of anilines is 1. The first-order valence-corrected chi connectivity index (χ1v) is 8.98. The van der Waals surface area contributed by atoms with Crippen molar-refractivity contribution >= 4 is 17.6 Å². The Morgan fingerprint density at radius 3 is 2.96 bits per heavy atom. The Kier molecular flexibility index (Phi) is 5.86. The van der Waals surface area contributed by atoms with Crippen molar-refractivity contribution in [3.05, 3.63) is 23.9 Å². The minimum absolute atomic E-state index is 0.0761. The van der Waals surface area contributed by atoms with Crippen LogP contribution in [0.25, 0.3) is 0 Å². The topological polar surface area (TPSA) is 74.8 Å². The number of ether oxygens (including phenoxy) is 1. The molecule has 0 radical (unpaired) electrons. The first kappa shape index (κ1) is 17.7. The number of hydrogen-bond acceptors (Lipinski definition) is 5. The zero-order valence-corrected chi connectivity index (χ0v) is 14.7. The Bertz CT molecular complexity index is 605. The van der Waals surface area contributed by atoms with Crippen LogP contribution in [-0.4, -0.2) is 60.6 Å². The predicted octanol–water partition coefficient (Wildman–Crippen LogP) is 0.935. The molecule has 2 fully saturated rings. The van der Waals surface area contributed by atoms with Crippen LogP contribution in [0.5, 0.6) is 0 Å². The average molecular weight is 346 g/mol. The van der Waals surface area contributed by atoms with Crippen molar-refractivity contribution < 1.29 is 14.3 Å². The van der Waals surface area contributed by atoms with Crippen LogP contribution in [-0.2, 0) is 20.9 Å². The van der Waals surface area contributed by atoms with Gasteiger partial charge in [-0.1, -0.05) is 6.07 Å². The highest BCUT2D eigenvalue weighted by Gasteiger charge is 2.20. The van der Waals surface area contributed by atoms with E-state index in [9.17, 15) is 9.59 Å². The fourth-order valence-electron chi connectivity index (χ4n) is 3.19. The molecule has 2 amide bonds. The van der Waals surface area contributed by atoms with E-state index in [1.54, 1.807) is 11.1 Å². The number of carbonyl (C=O) groups is 2. The molecule has 0 saturated carbocycles. The molecule has 2 aliphatic rings. The summed E-state index contributed by atoms with van der Waals surface area (Å²) in [5.74, 6) is 0.887. The summed E-state index contributed by atoms with van der Waals surface area (Å²) >= 11 is 0. The van der Waals surface area contributed by atoms with Crippen molar-refractivity contribution in [2.75, 3.05) is 37.7 Å². The molecular weight excluding hydrogens is 320 g/mol. The minimum atomic E-state index is -0.124.